The predicted molar refractivity (Wildman–Crippen MR) is 91.4 cm³/mol. The predicted octanol–water partition coefficient (Wildman–Crippen LogP) is 3.63. The summed E-state index contributed by atoms with van der Waals surface area (Å²) in [6.07, 6.45) is 5.87. The van der Waals surface area contributed by atoms with Crippen molar-refractivity contribution in [3.63, 3.8) is 0 Å². The van der Waals surface area contributed by atoms with Gasteiger partial charge in [-0.3, -0.25) is 4.79 Å². The number of nitrogens with one attached hydrogen (secondary N) is 1. The summed E-state index contributed by atoms with van der Waals surface area (Å²) in [6, 6.07) is 6.36. The molecule has 0 radical (unpaired) electrons. The molecule has 1 aliphatic rings. The lowest BCUT2D eigenvalue weighted by Gasteiger charge is -2.35. The summed E-state index contributed by atoms with van der Waals surface area (Å²) in [5.74, 6) is 0.0509. The third-order valence-corrected chi connectivity index (χ3v) is 4.50. The molecule has 0 spiro atoms. The van der Waals surface area contributed by atoms with Gasteiger partial charge in [-0.1, -0.05) is 31.4 Å². The van der Waals surface area contributed by atoms with Crippen molar-refractivity contribution in [2.24, 2.45) is 11.1 Å². The molecule has 1 aromatic carbocycles. The van der Waals surface area contributed by atoms with Crippen LogP contribution in [0.2, 0.25) is 0 Å². The first-order chi connectivity index (χ1) is 11.0. The van der Waals surface area contributed by atoms with Crippen molar-refractivity contribution in [1.82, 2.24) is 5.32 Å². The first-order valence-electron chi connectivity index (χ1n) is 8.03. The highest BCUT2D eigenvalue weighted by molar-refractivity contribution is 5.85. The molecule has 1 fully saturated rings. The van der Waals surface area contributed by atoms with Crippen LogP contribution < -0.4 is 15.8 Å². The van der Waals surface area contributed by atoms with Crippen LogP contribution in [0.4, 0.5) is 8.78 Å². The molecule has 1 aliphatic carbocycles. The Bertz CT molecular complexity index is 523. The minimum Gasteiger partial charge on any atom is -0.435 e. The molecule has 136 valence electrons. The zero-order valence-corrected chi connectivity index (χ0v) is 14.4. The Kier molecular flexibility index (Phi) is 8.42. The molecule has 0 aromatic heterocycles. The maximum absolute atomic E-state index is 12.2. The van der Waals surface area contributed by atoms with Crippen LogP contribution in [0.15, 0.2) is 24.3 Å². The van der Waals surface area contributed by atoms with Crippen molar-refractivity contribution in [3.05, 3.63) is 29.8 Å². The monoisotopic (exact) mass is 362 g/mol. The number of ether oxygens (including phenoxy) is 1. The zero-order chi connectivity index (χ0) is 16.7. The van der Waals surface area contributed by atoms with Crippen LogP contribution in [0, 0.1) is 5.41 Å². The van der Waals surface area contributed by atoms with Crippen molar-refractivity contribution in [2.75, 3.05) is 6.54 Å². The number of alkyl halides is 2. The summed E-state index contributed by atoms with van der Waals surface area (Å²) in [7, 11) is 0. The Labute approximate surface area is 147 Å². The summed E-state index contributed by atoms with van der Waals surface area (Å²) in [5.41, 5.74) is 6.54. The third-order valence-electron chi connectivity index (χ3n) is 4.50. The first kappa shape index (κ1) is 20.6. The van der Waals surface area contributed by atoms with E-state index in [0.29, 0.717) is 19.5 Å². The molecule has 0 unspecified atom stereocenters. The molecule has 0 heterocycles. The molecule has 1 amide bonds. The lowest BCUT2D eigenvalue weighted by atomic mass is 9.71. The number of halogens is 3. The second-order valence-corrected chi connectivity index (χ2v) is 6.24. The van der Waals surface area contributed by atoms with E-state index in [-0.39, 0.29) is 29.5 Å². The van der Waals surface area contributed by atoms with E-state index in [1.807, 2.05) is 0 Å². The molecule has 0 bridgehead atoms. The van der Waals surface area contributed by atoms with E-state index < -0.39 is 6.61 Å². The van der Waals surface area contributed by atoms with Gasteiger partial charge in [-0.25, -0.2) is 0 Å². The van der Waals surface area contributed by atoms with E-state index in [1.165, 1.54) is 18.6 Å². The average Bonchev–Trinajstić information content (AvgIpc) is 2.53. The molecule has 2 rings (SSSR count). The van der Waals surface area contributed by atoms with Gasteiger partial charge in [0, 0.05) is 13.0 Å². The van der Waals surface area contributed by atoms with E-state index in [2.05, 4.69) is 10.1 Å². The fourth-order valence-corrected chi connectivity index (χ4v) is 3.19. The number of hydrogen-bond donors (Lipinski definition) is 2. The van der Waals surface area contributed by atoms with E-state index in [1.54, 1.807) is 12.1 Å². The highest BCUT2D eigenvalue weighted by Gasteiger charge is 2.32. The minimum absolute atomic E-state index is 0. The molecule has 3 N–H and O–H groups in total. The number of benzene rings is 1. The van der Waals surface area contributed by atoms with Crippen LogP contribution in [0.1, 0.15) is 44.1 Å². The van der Waals surface area contributed by atoms with Gasteiger partial charge in [0.2, 0.25) is 5.91 Å². The summed E-state index contributed by atoms with van der Waals surface area (Å²) in [6.45, 7) is -2.03. The Balaban J connectivity index is 0.00000288. The summed E-state index contributed by atoms with van der Waals surface area (Å²) in [5, 5.41) is 2.85. The lowest BCUT2D eigenvalue weighted by molar-refractivity contribution is -0.124. The van der Waals surface area contributed by atoms with Gasteiger partial charge in [-0.05, 0) is 42.5 Å². The molecule has 1 aromatic rings. The number of amides is 1. The molecule has 7 heteroatoms. The van der Waals surface area contributed by atoms with E-state index in [9.17, 15) is 13.6 Å². The van der Waals surface area contributed by atoms with Gasteiger partial charge >= 0.3 is 6.61 Å². The van der Waals surface area contributed by atoms with E-state index >= 15 is 0 Å². The normalized spacial score (nSPS) is 16.3. The topological polar surface area (TPSA) is 64.4 Å². The van der Waals surface area contributed by atoms with Crippen LogP contribution in [-0.4, -0.2) is 19.1 Å². The Hall–Kier alpha value is -1.40. The number of carbonyl (C=O) groups excluding carboxylic acids is 1. The summed E-state index contributed by atoms with van der Waals surface area (Å²) < 4.78 is 28.8. The van der Waals surface area contributed by atoms with Gasteiger partial charge in [-0.15, -0.1) is 12.4 Å². The van der Waals surface area contributed by atoms with Crippen molar-refractivity contribution in [3.8, 4) is 5.75 Å². The van der Waals surface area contributed by atoms with Gasteiger partial charge < -0.3 is 15.8 Å². The Morgan fingerprint density at radius 3 is 2.62 bits per heavy atom. The molecule has 0 saturated heterocycles. The number of rotatable bonds is 7. The second kappa shape index (κ2) is 9.79. The Morgan fingerprint density at radius 2 is 2.00 bits per heavy atom. The van der Waals surface area contributed by atoms with E-state index in [0.717, 1.165) is 31.2 Å². The molecular weight excluding hydrogens is 338 g/mol. The van der Waals surface area contributed by atoms with Crippen LogP contribution in [0.5, 0.6) is 5.75 Å². The highest BCUT2D eigenvalue weighted by Crippen LogP contribution is 2.38. The fraction of sp³-hybridized carbons (Fsp3) is 0.588. The third kappa shape index (κ3) is 6.24. The smallest absolute Gasteiger partial charge is 0.387 e. The van der Waals surface area contributed by atoms with Crippen LogP contribution >= 0.6 is 12.4 Å². The summed E-state index contributed by atoms with van der Waals surface area (Å²) in [4.78, 5) is 12.2. The largest absolute Gasteiger partial charge is 0.435 e. The van der Waals surface area contributed by atoms with Gasteiger partial charge in [0.25, 0.3) is 0 Å². The minimum atomic E-state index is -2.85. The number of hydrogen-bond acceptors (Lipinski definition) is 3. The zero-order valence-electron chi connectivity index (χ0n) is 13.6. The van der Waals surface area contributed by atoms with Crippen molar-refractivity contribution < 1.29 is 18.3 Å². The molecule has 4 nitrogen and oxygen atoms in total. The second-order valence-electron chi connectivity index (χ2n) is 6.24. The highest BCUT2D eigenvalue weighted by atomic mass is 35.5. The molecule has 0 aliphatic heterocycles. The SMILES string of the molecule is Cl.NCC1(CC(=O)NCc2cccc(OC(F)F)c2)CCCCC1. The maximum Gasteiger partial charge on any atom is 0.387 e. The van der Waals surface area contributed by atoms with E-state index in [4.69, 9.17) is 5.73 Å². The van der Waals surface area contributed by atoms with Gasteiger partial charge in [-0.2, -0.15) is 8.78 Å². The van der Waals surface area contributed by atoms with Gasteiger partial charge in [0.1, 0.15) is 5.75 Å². The summed E-state index contributed by atoms with van der Waals surface area (Å²) >= 11 is 0. The van der Waals surface area contributed by atoms with Gasteiger partial charge in [0.05, 0.1) is 0 Å². The van der Waals surface area contributed by atoms with Gasteiger partial charge in [0.15, 0.2) is 0 Å². The molecular formula is C17H25ClF2N2O2. The van der Waals surface area contributed by atoms with Crippen molar-refractivity contribution in [2.45, 2.75) is 51.7 Å². The quantitative estimate of drug-likeness (QED) is 0.778. The van der Waals surface area contributed by atoms with Crippen LogP contribution in [0.25, 0.3) is 0 Å². The standard InChI is InChI=1S/C17H24F2N2O2.ClH/c18-16(19)23-14-6-4-5-13(9-14)11-21-15(22)10-17(12-20)7-2-1-3-8-17;/h4-6,9,16H,1-3,7-8,10-12,20H2,(H,21,22);1H. The number of nitrogens with two attached hydrogens (primary N) is 1. The Morgan fingerprint density at radius 1 is 1.29 bits per heavy atom. The average molecular weight is 363 g/mol. The molecule has 0 atom stereocenters. The van der Waals surface area contributed by atoms with Crippen molar-refractivity contribution in [1.29, 1.82) is 0 Å². The maximum atomic E-state index is 12.2. The first-order valence-corrected chi connectivity index (χ1v) is 8.03. The van der Waals surface area contributed by atoms with Crippen molar-refractivity contribution >= 4 is 18.3 Å². The van der Waals surface area contributed by atoms with Crippen LogP contribution in [0.3, 0.4) is 0 Å². The van der Waals surface area contributed by atoms with Crippen LogP contribution in [-0.2, 0) is 11.3 Å². The molecule has 1 saturated carbocycles. The lowest BCUT2D eigenvalue weighted by Crippen LogP contribution is -2.38. The molecule has 24 heavy (non-hydrogen) atoms. The fourth-order valence-electron chi connectivity index (χ4n) is 3.19. The number of carbonyl (C=O) groups is 1.